The molecule has 23 heavy (non-hydrogen) atoms. The van der Waals surface area contributed by atoms with E-state index < -0.39 is 14.6 Å². The van der Waals surface area contributed by atoms with Gasteiger partial charge in [-0.3, -0.25) is 14.2 Å². The number of phosphoric acid groups is 1. The van der Waals surface area contributed by atoms with Crippen LogP contribution in [0.3, 0.4) is 0 Å². The van der Waals surface area contributed by atoms with Crippen molar-refractivity contribution in [2.45, 2.75) is 33.0 Å². The van der Waals surface area contributed by atoms with Crippen molar-refractivity contribution in [1.82, 2.24) is 24.6 Å². The summed E-state index contributed by atoms with van der Waals surface area (Å²) in [5.41, 5.74) is -0.170. The number of hydrogen-bond donors (Lipinski definition) is 2. The van der Waals surface area contributed by atoms with E-state index in [9.17, 15) is 9.36 Å². The topological polar surface area (TPSA) is 121 Å². The van der Waals surface area contributed by atoms with E-state index in [0.29, 0.717) is 18.9 Å². The number of hydrogen-bond acceptors (Lipinski definition) is 6. The fourth-order valence-electron chi connectivity index (χ4n) is 2.39. The SMILES string of the molecule is Cc1nc(C(=O)N2CCN(C)C(C)(C)C2)n(COP(=O)(O)O)n1. The number of phosphoric ester groups is 1. The Bertz CT molecular complexity index is 640. The highest BCUT2D eigenvalue weighted by Crippen LogP contribution is 2.36. The highest BCUT2D eigenvalue weighted by atomic mass is 31.2. The lowest BCUT2D eigenvalue weighted by atomic mass is 10.00. The van der Waals surface area contributed by atoms with Gasteiger partial charge in [-0.25, -0.2) is 14.2 Å². The van der Waals surface area contributed by atoms with Gasteiger partial charge in [0.15, 0.2) is 6.73 Å². The molecule has 2 heterocycles. The molecule has 10 nitrogen and oxygen atoms in total. The van der Waals surface area contributed by atoms with Gasteiger partial charge >= 0.3 is 7.82 Å². The second-order valence-electron chi connectivity index (χ2n) is 6.19. The van der Waals surface area contributed by atoms with Crippen LogP contribution >= 0.6 is 7.82 Å². The molecule has 1 saturated heterocycles. The largest absolute Gasteiger partial charge is 0.471 e. The molecule has 0 unspecified atom stereocenters. The second-order valence-corrected chi connectivity index (χ2v) is 7.43. The van der Waals surface area contributed by atoms with Gasteiger partial charge in [0.25, 0.3) is 5.91 Å². The highest BCUT2D eigenvalue weighted by Gasteiger charge is 2.35. The zero-order valence-electron chi connectivity index (χ0n) is 13.6. The third-order valence-corrected chi connectivity index (χ3v) is 4.37. The van der Waals surface area contributed by atoms with Crippen LogP contribution in [0.4, 0.5) is 0 Å². The monoisotopic (exact) mass is 347 g/mol. The van der Waals surface area contributed by atoms with Crippen LogP contribution in [-0.4, -0.2) is 72.5 Å². The maximum absolute atomic E-state index is 12.7. The summed E-state index contributed by atoms with van der Waals surface area (Å²) < 4.78 is 16.3. The van der Waals surface area contributed by atoms with Crippen LogP contribution in [-0.2, 0) is 15.8 Å². The number of carbonyl (C=O) groups is 1. The average molecular weight is 347 g/mol. The molecule has 1 fully saturated rings. The molecule has 1 aromatic heterocycles. The number of carbonyl (C=O) groups excluding carboxylic acids is 1. The Morgan fingerprint density at radius 1 is 1.39 bits per heavy atom. The van der Waals surface area contributed by atoms with Gasteiger partial charge in [0.2, 0.25) is 5.82 Å². The predicted octanol–water partition coefficient (Wildman–Crippen LogP) is -0.180. The smallest absolute Gasteiger partial charge is 0.333 e. The molecule has 11 heteroatoms. The molecule has 2 rings (SSSR count). The Morgan fingerprint density at radius 3 is 2.61 bits per heavy atom. The number of aryl methyl sites for hydroxylation is 1. The predicted molar refractivity (Wildman–Crippen MR) is 80.5 cm³/mol. The van der Waals surface area contributed by atoms with Crippen LogP contribution < -0.4 is 0 Å². The molecular weight excluding hydrogens is 325 g/mol. The Kier molecular flexibility index (Phi) is 4.93. The summed E-state index contributed by atoms with van der Waals surface area (Å²) in [4.78, 5) is 38.2. The Hall–Kier alpha value is -1.32. The van der Waals surface area contributed by atoms with Crippen LogP contribution in [0, 0.1) is 6.92 Å². The summed E-state index contributed by atoms with van der Waals surface area (Å²) in [6.07, 6.45) is 0. The van der Waals surface area contributed by atoms with E-state index >= 15 is 0 Å². The van der Waals surface area contributed by atoms with Crippen LogP contribution in [0.5, 0.6) is 0 Å². The molecule has 0 aliphatic carbocycles. The van der Waals surface area contributed by atoms with Crippen LogP contribution in [0.2, 0.25) is 0 Å². The lowest BCUT2D eigenvalue weighted by Gasteiger charge is -2.45. The first-order valence-electron chi connectivity index (χ1n) is 7.12. The summed E-state index contributed by atoms with van der Waals surface area (Å²) in [6.45, 7) is 6.93. The van der Waals surface area contributed by atoms with Crippen molar-refractivity contribution < 1.29 is 23.7 Å². The number of rotatable bonds is 4. The van der Waals surface area contributed by atoms with Crippen molar-refractivity contribution in [1.29, 1.82) is 0 Å². The van der Waals surface area contributed by atoms with Gasteiger partial charge in [0.1, 0.15) is 5.82 Å². The molecular formula is C12H22N5O5P. The fraction of sp³-hybridized carbons (Fsp3) is 0.750. The minimum absolute atomic E-state index is 0.0105. The Balaban J connectivity index is 2.18. The van der Waals surface area contributed by atoms with Gasteiger partial charge < -0.3 is 14.7 Å². The first kappa shape index (κ1) is 18.0. The van der Waals surface area contributed by atoms with E-state index in [-0.39, 0.29) is 17.3 Å². The van der Waals surface area contributed by atoms with Crippen molar-refractivity contribution in [3.63, 3.8) is 0 Å². The zero-order chi connectivity index (χ0) is 17.4. The lowest BCUT2D eigenvalue weighted by molar-refractivity contribution is 0.0290. The van der Waals surface area contributed by atoms with Crippen molar-refractivity contribution in [3.8, 4) is 0 Å². The Morgan fingerprint density at radius 2 is 2.04 bits per heavy atom. The fourth-order valence-corrected chi connectivity index (χ4v) is 2.65. The number of nitrogens with zero attached hydrogens (tertiary/aromatic N) is 5. The van der Waals surface area contributed by atoms with Crippen molar-refractivity contribution in [2.24, 2.45) is 0 Å². The van der Waals surface area contributed by atoms with Gasteiger partial charge in [-0.2, -0.15) is 5.10 Å². The molecule has 0 atom stereocenters. The Labute approximate surface area is 134 Å². The standard InChI is InChI=1S/C12H22N5O5P/c1-9-13-10(17(14-9)8-22-23(19,20)21)11(18)16-6-5-15(4)12(2,3)7-16/h5-8H2,1-4H3,(H2,19,20,21). The van der Waals surface area contributed by atoms with E-state index in [2.05, 4.69) is 19.5 Å². The summed E-state index contributed by atoms with van der Waals surface area (Å²) in [6, 6.07) is 0. The van der Waals surface area contributed by atoms with Crippen LogP contribution in [0.25, 0.3) is 0 Å². The van der Waals surface area contributed by atoms with Crippen LogP contribution in [0.15, 0.2) is 0 Å². The number of piperazine rings is 1. The maximum Gasteiger partial charge on any atom is 0.471 e. The van der Waals surface area contributed by atoms with E-state index in [1.807, 2.05) is 20.9 Å². The molecule has 130 valence electrons. The maximum atomic E-state index is 12.7. The number of likely N-dealkylation sites (N-methyl/N-ethyl adjacent to an activating group) is 1. The van der Waals surface area contributed by atoms with Gasteiger partial charge in [0, 0.05) is 25.2 Å². The third-order valence-electron chi connectivity index (χ3n) is 3.92. The number of aromatic nitrogens is 3. The third kappa shape index (κ3) is 4.36. The molecule has 1 aromatic rings. The molecule has 0 saturated carbocycles. The van der Waals surface area contributed by atoms with Crippen molar-refractivity contribution in [3.05, 3.63) is 11.6 Å². The minimum Gasteiger partial charge on any atom is -0.333 e. The van der Waals surface area contributed by atoms with Gasteiger partial charge in [-0.05, 0) is 27.8 Å². The first-order chi connectivity index (χ1) is 10.5. The zero-order valence-corrected chi connectivity index (χ0v) is 14.5. The molecule has 0 aromatic carbocycles. The van der Waals surface area contributed by atoms with Crippen molar-refractivity contribution in [2.75, 3.05) is 26.7 Å². The molecule has 0 bridgehead atoms. The quantitative estimate of drug-likeness (QED) is 0.720. The summed E-state index contributed by atoms with van der Waals surface area (Å²) >= 11 is 0. The van der Waals surface area contributed by atoms with E-state index in [1.54, 1.807) is 11.8 Å². The van der Waals surface area contributed by atoms with Crippen molar-refractivity contribution >= 4 is 13.7 Å². The molecule has 1 aliphatic rings. The molecule has 0 radical (unpaired) electrons. The average Bonchev–Trinajstić information content (AvgIpc) is 2.79. The molecule has 1 aliphatic heterocycles. The van der Waals surface area contributed by atoms with Crippen LogP contribution in [0.1, 0.15) is 30.3 Å². The van der Waals surface area contributed by atoms with Gasteiger partial charge in [-0.1, -0.05) is 0 Å². The first-order valence-corrected chi connectivity index (χ1v) is 8.65. The summed E-state index contributed by atoms with van der Waals surface area (Å²) in [5, 5.41) is 3.96. The summed E-state index contributed by atoms with van der Waals surface area (Å²) in [5.74, 6) is 0.00781. The van der Waals surface area contributed by atoms with Gasteiger partial charge in [-0.15, -0.1) is 0 Å². The molecule has 0 spiro atoms. The lowest BCUT2D eigenvalue weighted by Crippen LogP contribution is -2.59. The molecule has 1 amide bonds. The number of amides is 1. The highest BCUT2D eigenvalue weighted by molar-refractivity contribution is 7.46. The van der Waals surface area contributed by atoms with E-state index in [4.69, 9.17) is 9.79 Å². The van der Waals surface area contributed by atoms with Gasteiger partial charge in [0.05, 0.1) is 0 Å². The molecule has 2 N–H and O–H groups in total. The van der Waals surface area contributed by atoms with E-state index in [0.717, 1.165) is 11.2 Å². The summed E-state index contributed by atoms with van der Waals surface area (Å²) in [7, 11) is -2.65. The second kappa shape index (κ2) is 6.29. The normalized spacial score (nSPS) is 19.1. The van der Waals surface area contributed by atoms with E-state index in [1.165, 1.54) is 0 Å². The minimum atomic E-state index is -4.65.